The molecule has 3 rings (SSSR count). The van der Waals surface area contributed by atoms with Gasteiger partial charge in [0.25, 0.3) is 0 Å². The summed E-state index contributed by atoms with van der Waals surface area (Å²) in [7, 11) is 1.73. The summed E-state index contributed by atoms with van der Waals surface area (Å²) in [6, 6.07) is 22.5. The van der Waals surface area contributed by atoms with Gasteiger partial charge in [0, 0.05) is 18.4 Å². The molecule has 4 nitrogen and oxygen atoms in total. The van der Waals surface area contributed by atoms with E-state index in [4.69, 9.17) is 5.26 Å². The second-order valence-electron chi connectivity index (χ2n) is 5.21. The van der Waals surface area contributed by atoms with E-state index in [0.29, 0.717) is 5.56 Å². The van der Waals surface area contributed by atoms with Crippen LogP contribution >= 0.6 is 0 Å². The molecule has 0 aromatic heterocycles. The minimum Gasteiger partial charge on any atom is -0.308 e. The summed E-state index contributed by atoms with van der Waals surface area (Å²) in [6.07, 6.45) is 0. The lowest BCUT2D eigenvalue weighted by molar-refractivity contribution is 0.258. The van der Waals surface area contributed by atoms with Crippen molar-refractivity contribution in [2.45, 2.75) is 0 Å². The van der Waals surface area contributed by atoms with Crippen molar-refractivity contribution in [3.05, 3.63) is 72.3 Å². The SMILES string of the molecule is CN(C(=O)Nc1ccc2cc(C#N)ccc2c1)c1ccccc1. The molecule has 0 saturated carbocycles. The number of anilines is 2. The number of amides is 2. The number of urea groups is 1. The van der Waals surface area contributed by atoms with Crippen LogP contribution < -0.4 is 10.2 Å². The minimum absolute atomic E-state index is 0.204. The smallest absolute Gasteiger partial charge is 0.308 e. The van der Waals surface area contributed by atoms with Gasteiger partial charge in [0.1, 0.15) is 0 Å². The predicted octanol–water partition coefficient (Wildman–Crippen LogP) is 4.38. The second kappa shape index (κ2) is 6.20. The summed E-state index contributed by atoms with van der Waals surface area (Å²) in [5, 5.41) is 13.8. The van der Waals surface area contributed by atoms with Crippen LogP contribution in [-0.2, 0) is 0 Å². The highest BCUT2D eigenvalue weighted by atomic mass is 16.2. The average Bonchev–Trinajstić information content (AvgIpc) is 2.61. The van der Waals surface area contributed by atoms with Crippen molar-refractivity contribution in [1.29, 1.82) is 5.26 Å². The number of nitrogens with one attached hydrogen (secondary N) is 1. The molecule has 0 aliphatic carbocycles. The zero-order valence-corrected chi connectivity index (χ0v) is 12.7. The lowest BCUT2D eigenvalue weighted by atomic mass is 10.1. The van der Waals surface area contributed by atoms with Crippen LogP contribution in [0.1, 0.15) is 5.56 Å². The summed E-state index contributed by atoms with van der Waals surface area (Å²) in [5.41, 5.74) is 2.16. The van der Waals surface area contributed by atoms with E-state index in [9.17, 15) is 4.79 Å². The standard InChI is InChI=1S/C19H15N3O/c1-22(18-5-3-2-4-6-18)19(23)21-17-10-9-15-11-14(13-20)7-8-16(15)12-17/h2-12H,1H3,(H,21,23). The number of fused-ring (bicyclic) bond motifs is 1. The molecule has 0 radical (unpaired) electrons. The number of para-hydroxylation sites is 1. The van der Waals surface area contributed by atoms with Crippen LogP contribution in [0, 0.1) is 11.3 Å². The van der Waals surface area contributed by atoms with E-state index in [2.05, 4.69) is 11.4 Å². The molecular formula is C19H15N3O. The van der Waals surface area contributed by atoms with E-state index in [-0.39, 0.29) is 6.03 Å². The van der Waals surface area contributed by atoms with Gasteiger partial charge in [0.2, 0.25) is 0 Å². The van der Waals surface area contributed by atoms with Gasteiger partial charge in [-0.1, -0.05) is 30.3 Å². The first-order chi connectivity index (χ1) is 11.2. The van der Waals surface area contributed by atoms with Gasteiger partial charge in [-0.2, -0.15) is 5.26 Å². The van der Waals surface area contributed by atoms with Crippen LogP contribution in [0.3, 0.4) is 0 Å². The number of nitrogens with zero attached hydrogens (tertiary/aromatic N) is 2. The molecule has 0 fully saturated rings. The Labute approximate surface area is 134 Å². The maximum atomic E-state index is 12.3. The van der Waals surface area contributed by atoms with E-state index in [1.807, 2.05) is 60.7 Å². The number of benzene rings is 3. The van der Waals surface area contributed by atoms with Gasteiger partial charge in [-0.3, -0.25) is 4.90 Å². The van der Waals surface area contributed by atoms with Crippen LogP contribution in [-0.4, -0.2) is 13.1 Å². The lowest BCUT2D eigenvalue weighted by Gasteiger charge is -2.18. The van der Waals surface area contributed by atoms with Crippen molar-refractivity contribution in [2.24, 2.45) is 0 Å². The number of rotatable bonds is 2. The Morgan fingerprint density at radius 2 is 1.70 bits per heavy atom. The average molecular weight is 301 g/mol. The van der Waals surface area contributed by atoms with Crippen molar-refractivity contribution in [2.75, 3.05) is 17.3 Å². The van der Waals surface area contributed by atoms with Gasteiger partial charge in [0.15, 0.2) is 0 Å². The van der Waals surface area contributed by atoms with Crippen LogP contribution in [0.15, 0.2) is 66.7 Å². The minimum atomic E-state index is -0.204. The Hall–Kier alpha value is -3.32. The number of carbonyl (C=O) groups excluding carboxylic acids is 1. The fraction of sp³-hybridized carbons (Fsp3) is 0.0526. The Morgan fingerprint density at radius 1 is 1.00 bits per heavy atom. The molecule has 0 spiro atoms. The zero-order valence-electron chi connectivity index (χ0n) is 12.7. The summed E-state index contributed by atoms with van der Waals surface area (Å²) in [6.45, 7) is 0. The third-order valence-electron chi connectivity index (χ3n) is 3.67. The van der Waals surface area contributed by atoms with E-state index in [1.54, 1.807) is 18.0 Å². The van der Waals surface area contributed by atoms with Crippen LogP contribution in [0.2, 0.25) is 0 Å². The van der Waals surface area contributed by atoms with E-state index in [0.717, 1.165) is 22.1 Å². The first kappa shape index (κ1) is 14.6. The highest BCUT2D eigenvalue weighted by Crippen LogP contribution is 2.21. The van der Waals surface area contributed by atoms with E-state index in [1.165, 1.54) is 0 Å². The van der Waals surface area contributed by atoms with Crippen molar-refractivity contribution in [1.82, 2.24) is 0 Å². The number of nitriles is 1. The van der Waals surface area contributed by atoms with Gasteiger partial charge in [0.05, 0.1) is 11.6 Å². The molecule has 4 heteroatoms. The molecule has 0 unspecified atom stereocenters. The molecule has 0 heterocycles. The molecular weight excluding hydrogens is 286 g/mol. The lowest BCUT2D eigenvalue weighted by Crippen LogP contribution is -2.31. The zero-order chi connectivity index (χ0) is 16.2. The Morgan fingerprint density at radius 3 is 2.43 bits per heavy atom. The maximum absolute atomic E-state index is 12.3. The molecule has 0 bridgehead atoms. The molecule has 3 aromatic rings. The summed E-state index contributed by atoms with van der Waals surface area (Å²) >= 11 is 0. The van der Waals surface area contributed by atoms with Gasteiger partial charge in [-0.05, 0) is 47.2 Å². The fourth-order valence-electron chi connectivity index (χ4n) is 2.37. The Kier molecular flexibility index (Phi) is 3.94. The van der Waals surface area contributed by atoms with Crippen LogP contribution in [0.5, 0.6) is 0 Å². The molecule has 112 valence electrons. The number of carbonyl (C=O) groups is 1. The summed E-state index contributed by atoms with van der Waals surface area (Å²) in [5.74, 6) is 0. The molecule has 0 saturated heterocycles. The first-order valence-corrected chi connectivity index (χ1v) is 7.21. The van der Waals surface area contributed by atoms with Crippen LogP contribution in [0.4, 0.5) is 16.2 Å². The van der Waals surface area contributed by atoms with Gasteiger partial charge >= 0.3 is 6.03 Å². The topological polar surface area (TPSA) is 56.1 Å². The number of hydrogen-bond donors (Lipinski definition) is 1. The van der Waals surface area contributed by atoms with E-state index < -0.39 is 0 Å². The van der Waals surface area contributed by atoms with Crippen molar-refractivity contribution < 1.29 is 4.79 Å². The van der Waals surface area contributed by atoms with Crippen molar-refractivity contribution in [3.63, 3.8) is 0 Å². The summed E-state index contributed by atoms with van der Waals surface area (Å²) < 4.78 is 0. The largest absolute Gasteiger partial charge is 0.326 e. The van der Waals surface area contributed by atoms with E-state index >= 15 is 0 Å². The molecule has 0 aliphatic heterocycles. The van der Waals surface area contributed by atoms with Gasteiger partial charge < -0.3 is 5.32 Å². The molecule has 2 amide bonds. The highest BCUT2D eigenvalue weighted by Gasteiger charge is 2.10. The fourth-order valence-corrected chi connectivity index (χ4v) is 2.37. The van der Waals surface area contributed by atoms with Crippen molar-refractivity contribution >= 4 is 28.2 Å². The summed E-state index contributed by atoms with van der Waals surface area (Å²) in [4.78, 5) is 13.9. The normalized spacial score (nSPS) is 10.1. The monoisotopic (exact) mass is 301 g/mol. The third kappa shape index (κ3) is 3.14. The molecule has 0 aliphatic rings. The maximum Gasteiger partial charge on any atom is 0.326 e. The third-order valence-corrected chi connectivity index (χ3v) is 3.67. The highest BCUT2D eigenvalue weighted by molar-refractivity contribution is 6.02. The molecule has 3 aromatic carbocycles. The molecule has 1 N–H and O–H groups in total. The number of hydrogen-bond acceptors (Lipinski definition) is 2. The Balaban J connectivity index is 1.81. The quantitative estimate of drug-likeness (QED) is 0.763. The van der Waals surface area contributed by atoms with Crippen LogP contribution in [0.25, 0.3) is 10.8 Å². The first-order valence-electron chi connectivity index (χ1n) is 7.21. The molecule has 23 heavy (non-hydrogen) atoms. The second-order valence-corrected chi connectivity index (χ2v) is 5.21. The molecule has 0 atom stereocenters. The van der Waals surface area contributed by atoms with Gasteiger partial charge in [-0.25, -0.2) is 4.79 Å². The van der Waals surface area contributed by atoms with Gasteiger partial charge in [-0.15, -0.1) is 0 Å². The predicted molar refractivity (Wildman–Crippen MR) is 92.5 cm³/mol. The Bertz CT molecular complexity index is 897. The van der Waals surface area contributed by atoms with Crippen molar-refractivity contribution in [3.8, 4) is 6.07 Å².